The second-order valence-electron chi connectivity index (χ2n) is 6.71. The van der Waals surface area contributed by atoms with E-state index in [1.807, 2.05) is 13.8 Å². The Bertz CT molecular complexity index is 478. The maximum atomic E-state index is 12.6. The summed E-state index contributed by atoms with van der Waals surface area (Å²) in [6.45, 7) is 6.31. The van der Waals surface area contributed by atoms with Crippen LogP contribution in [-0.4, -0.2) is 23.7 Å². The van der Waals surface area contributed by atoms with Crippen molar-refractivity contribution in [3.05, 3.63) is 35.4 Å². The summed E-state index contributed by atoms with van der Waals surface area (Å²) in [4.78, 5) is 12.6. The average molecular weight is 289 g/mol. The Hall–Kier alpha value is -1.35. The molecule has 0 unspecified atom stereocenters. The van der Waals surface area contributed by atoms with Gasteiger partial charge in [0.25, 0.3) is 0 Å². The largest absolute Gasteiger partial charge is 0.396 e. The molecule has 0 aliphatic heterocycles. The molecule has 3 heteroatoms. The van der Waals surface area contributed by atoms with Crippen LogP contribution in [0.5, 0.6) is 0 Å². The first-order valence-corrected chi connectivity index (χ1v) is 7.98. The fourth-order valence-electron chi connectivity index (χ4n) is 3.03. The van der Waals surface area contributed by atoms with Gasteiger partial charge in [0.05, 0.1) is 5.41 Å². The average Bonchev–Trinajstić information content (AvgIpc) is 2.95. The highest BCUT2D eigenvalue weighted by atomic mass is 16.3. The molecule has 1 aliphatic rings. The summed E-state index contributed by atoms with van der Waals surface area (Å²) in [5, 5.41) is 12.4. The van der Waals surface area contributed by atoms with Crippen molar-refractivity contribution in [1.82, 2.24) is 5.32 Å². The van der Waals surface area contributed by atoms with Gasteiger partial charge < -0.3 is 10.4 Å². The number of hydrogen-bond donors (Lipinski definition) is 2. The Morgan fingerprint density at radius 1 is 1.29 bits per heavy atom. The third-order valence-electron chi connectivity index (χ3n) is 4.79. The second-order valence-corrected chi connectivity index (χ2v) is 6.71. The minimum atomic E-state index is -0.524. The van der Waals surface area contributed by atoms with Crippen LogP contribution >= 0.6 is 0 Å². The minimum Gasteiger partial charge on any atom is -0.396 e. The maximum Gasteiger partial charge on any atom is 0.230 e. The molecule has 1 fully saturated rings. The summed E-state index contributed by atoms with van der Waals surface area (Å²) in [5.41, 5.74) is 1.81. The van der Waals surface area contributed by atoms with Crippen LogP contribution in [0.15, 0.2) is 24.3 Å². The number of carbonyl (C=O) groups excluding carboxylic acids is 1. The molecule has 2 atom stereocenters. The molecule has 1 aromatic rings. The lowest BCUT2D eigenvalue weighted by Gasteiger charge is -2.26. The Morgan fingerprint density at radius 3 is 2.48 bits per heavy atom. The Kier molecular flexibility index (Phi) is 5.04. The number of aliphatic hydroxyl groups excluding tert-OH is 1. The molecular weight excluding hydrogens is 262 g/mol. The molecule has 1 aromatic carbocycles. The van der Waals surface area contributed by atoms with Crippen LogP contribution in [-0.2, 0) is 16.6 Å². The molecule has 2 N–H and O–H groups in total. The standard InChI is InChI=1S/C18H27NO2/c1-4-13-5-8-15(9-6-13)18(2,3)17(21)19-16-10-7-14(11-16)12-20/h5-6,8-9,14,16,20H,4,7,10-12H2,1-3H3,(H,19,21)/t14-,16+/m1/s1. The second kappa shape index (κ2) is 6.61. The molecule has 1 aliphatic carbocycles. The number of carbonyl (C=O) groups is 1. The van der Waals surface area contributed by atoms with E-state index in [0.717, 1.165) is 31.2 Å². The van der Waals surface area contributed by atoms with Gasteiger partial charge in [0.1, 0.15) is 0 Å². The van der Waals surface area contributed by atoms with Crippen molar-refractivity contribution >= 4 is 5.91 Å². The van der Waals surface area contributed by atoms with Crippen LogP contribution in [0.3, 0.4) is 0 Å². The van der Waals surface area contributed by atoms with E-state index in [1.165, 1.54) is 5.56 Å². The van der Waals surface area contributed by atoms with Crippen LogP contribution in [0.1, 0.15) is 51.2 Å². The first kappa shape index (κ1) is 16.0. The van der Waals surface area contributed by atoms with Gasteiger partial charge in [0.2, 0.25) is 5.91 Å². The zero-order valence-corrected chi connectivity index (χ0v) is 13.4. The van der Waals surface area contributed by atoms with Gasteiger partial charge in [-0.1, -0.05) is 31.2 Å². The van der Waals surface area contributed by atoms with E-state index in [0.29, 0.717) is 5.92 Å². The van der Waals surface area contributed by atoms with Gasteiger partial charge in [-0.25, -0.2) is 0 Å². The van der Waals surface area contributed by atoms with E-state index in [-0.39, 0.29) is 18.6 Å². The topological polar surface area (TPSA) is 49.3 Å². The van der Waals surface area contributed by atoms with Crippen molar-refractivity contribution in [2.24, 2.45) is 5.92 Å². The highest BCUT2D eigenvalue weighted by Crippen LogP contribution is 2.28. The molecule has 0 spiro atoms. The third kappa shape index (κ3) is 3.65. The number of hydrogen-bond acceptors (Lipinski definition) is 2. The number of aryl methyl sites for hydroxylation is 1. The van der Waals surface area contributed by atoms with Crippen molar-refractivity contribution in [2.75, 3.05) is 6.61 Å². The monoisotopic (exact) mass is 289 g/mol. The molecule has 0 radical (unpaired) electrons. The number of benzene rings is 1. The molecule has 0 aromatic heterocycles. The molecule has 1 saturated carbocycles. The van der Waals surface area contributed by atoms with E-state index in [1.54, 1.807) is 0 Å². The SMILES string of the molecule is CCc1ccc(C(C)(C)C(=O)N[C@H]2CC[C@@H](CO)C2)cc1. The number of aliphatic hydroxyl groups is 1. The van der Waals surface area contributed by atoms with Crippen LogP contribution < -0.4 is 5.32 Å². The van der Waals surface area contributed by atoms with Crippen molar-refractivity contribution < 1.29 is 9.90 Å². The number of amides is 1. The lowest BCUT2D eigenvalue weighted by Crippen LogP contribution is -2.44. The summed E-state index contributed by atoms with van der Waals surface area (Å²) in [6, 6.07) is 8.53. The lowest BCUT2D eigenvalue weighted by molar-refractivity contribution is -0.126. The summed E-state index contributed by atoms with van der Waals surface area (Å²) >= 11 is 0. The maximum absolute atomic E-state index is 12.6. The summed E-state index contributed by atoms with van der Waals surface area (Å²) in [7, 11) is 0. The molecule has 1 amide bonds. The molecule has 116 valence electrons. The van der Waals surface area contributed by atoms with E-state index in [2.05, 4.69) is 36.5 Å². The van der Waals surface area contributed by atoms with Gasteiger partial charge in [-0.15, -0.1) is 0 Å². The Morgan fingerprint density at radius 2 is 1.95 bits per heavy atom. The number of rotatable bonds is 5. The van der Waals surface area contributed by atoms with Crippen molar-refractivity contribution in [3.8, 4) is 0 Å². The van der Waals surface area contributed by atoms with Crippen LogP contribution in [0.25, 0.3) is 0 Å². The van der Waals surface area contributed by atoms with Gasteiger partial charge >= 0.3 is 0 Å². The fraction of sp³-hybridized carbons (Fsp3) is 0.611. The summed E-state index contributed by atoms with van der Waals surface area (Å²) < 4.78 is 0. The van der Waals surface area contributed by atoms with E-state index in [4.69, 9.17) is 0 Å². The van der Waals surface area contributed by atoms with Gasteiger partial charge in [-0.2, -0.15) is 0 Å². The quantitative estimate of drug-likeness (QED) is 0.875. The Balaban J connectivity index is 2.02. The summed E-state index contributed by atoms with van der Waals surface area (Å²) in [6.07, 6.45) is 3.89. The van der Waals surface area contributed by atoms with Gasteiger partial charge in [-0.3, -0.25) is 4.79 Å². The van der Waals surface area contributed by atoms with Gasteiger partial charge in [-0.05, 0) is 56.6 Å². The third-order valence-corrected chi connectivity index (χ3v) is 4.79. The molecule has 0 bridgehead atoms. The molecule has 0 saturated heterocycles. The van der Waals surface area contributed by atoms with Crippen molar-refractivity contribution in [1.29, 1.82) is 0 Å². The predicted octanol–water partition coefficient (Wildman–Crippen LogP) is 2.80. The normalized spacial score (nSPS) is 22.3. The highest BCUT2D eigenvalue weighted by Gasteiger charge is 2.33. The van der Waals surface area contributed by atoms with Crippen LogP contribution in [0.4, 0.5) is 0 Å². The van der Waals surface area contributed by atoms with Crippen molar-refractivity contribution in [3.63, 3.8) is 0 Å². The highest BCUT2D eigenvalue weighted by molar-refractivity contribution is 5.87. The van der Waals surface area contributed by atoms with E-state index >= 15 is 0 Å². The van der Waals surface area contributed by atoms with Crippen LogP contribution in [0.2, 0.25) is 0 Å². The molecular formula is C18H27NO2. The smallest absolute Gasteiger partial charge is 0.230 e. The fourth-order valence-corrected chi connectivity index (χ4v) is 3.03. The zero-order chi connectivity index (χ0) is 15.5. The first-order valence-electron chi connectivity index (χ1n) is 7.98. The van der Waals surface area contributed by atoms with Gasteiger partial charge in [0, 0.05) is 12.6 Å². The zero-order valence-electron chi connectivity index (χ0n) is 13.4. The predicted molar refractivity (Wildman–Crippen MR) is 85.2 cm³/mol. The molecule has 3 nitrogen and oxygen atoms in total. The molecule has 2 rings (SSSR count). The molecule has 0 heterocycles. The van der Waals surface area contributed by atoms with E-state index < -0.39 is 5.41 Å². The summed E-state index contributed by atoms with van der Waals surface area (Å²) in [5.74, 6) is 0.428. The van der Waals surface area contributed by atoms with Crippen LogP contribution in [0, 0.1) is 5.92 Å². The Labute approximate surface area is 127 Å². The van der Waals surface area contributed by atoms with Crippen molar-refractivity contribution in [2.45, 2.75) is 57.9 Å². The minimum absolute atomic E-state index is 0.0790. The molecule has 21 heavy (non-hydrogen) atoms. The van der Waals surface area contributed by atoms with Gasteiger partial charge in [0.15, 0.2) is 0 Å². The van der Waals surface area contributed by atoms with E-state index in [9.17, 15) is 9.90 Å². The lowest BCUT2D eigenvalue weighted by atomic mass is 9.83. The first-order chi connectivity index (χ1) is 9.97. The number of nitrogens with one attached hydrogen (secondary N) is 1.